The molecule has 2 fully saturated rings. The zero-order valence-corrected chi connectivity index (χ0v) is 24.2. The smallest absolute Gasteiger partial charge is 0.267 e. The molecule has 0 spiro atoms. The van der Waals surface area contributed by atoms with Crippen molar-refractivity contribution in [1.29, 1.82) is 0 Å². The molecule has 1 saturated heterocycles. The Morgan fingerprint density at radius 1 is 0.850 bits per heavy atom. The molecule has 4 aromatic rings. The van der Waals surface area contributed by atoms with E-state index in [1.165, 1.54) is 29.3 Å². The number of aliphatic imine (C=N–C) groups is 1. The maximum absolute atomic E-state index is 13.9. The fourth-order valence-corrected chi connectivity index (χ4v) is 7.09. The van der Waals surface area contributed by atoms with Gasteiger partial charge in [0.15, 0.2) is 5.17 Å². The van der Waals surface area contributed by atoms with Gasteiger partial charge >= 0.3 is 0 Å². The average molecular weight is 546 g/mol. The molecule has 1 aliphatic carbocycles. The minimum Gasteiger partial charge on any atom is -0.318 e. The number of amidine groups is 1. The van der Waals surface area contributed by atoms with E-state index in [9.17, 15) is 4.79 Å². The first-order valence-corrected chi connectivity index (χ1v) is 15.0. The highest BCUT2D eigenvalue weighted by atomic mass is 32.2. The molecule has 1 amide bonds. The predicted octanol–water partition coefficient (Wildman–Crippen LogP) is 8.94. The number of benzene rings is 3. The van der Waals surface area contributed by atoms with Gasteiger partial charge < -0.3 is 4.57 Å². The van der Waals surface area contributed by atoms with E-state index in [1.807, 2.05) is 41.3 Å². The lowest BCUT2D eigenvalue weighted by atomic mass is 9.85. The Bertz CT molecular complexity index is 1570. The molecule has 1 aromatic heterocycles. The molecule has 3 aromatic carbocycles. The van der Waals surface area contributed by atoms with E-state index in [0.29, 0.717) is 5.92 Å². The Morgan fingerprint density at radius 3 is 2.20 bits per heavy atom. The summed E-state index contributed by atoms with van der Waals surface area (Å²) in [7, 11) is 0. The topological polar surface area (TPSA) is 37.6 Å². The molecule has 0 bridgehead atoms. The van der Waals surface area contributed by atoms with Crippen LogP contribution in [0.25, 0.3) is 22.9 Å². The Balaban J connectivity index is 1.34. The molecule has 6 rings (SSSR count). The number of amides is 1. The molecule has 0 unspecified atom stereocenters. The summed E-state index contributed by atoms with van der Waals surface area (Å²) in [5.41, 5.74) is 7.74. The first kappa shape index (κ1) is 26.4. The van der Waals surface area contributed by atoms with Gasteiger partial charge in [-0.1, -0.05) is 80.4 Å². The summed E-state index contributed by atoms with van der Waals surface area (Å²) < 4.78 is 2.27. The van der Waals surface area contributed by atoms with Crippen LogP contribution in [0.3, 0.4) is 0 Å². The van der Waals surface area contributed by atoms with E-state index in [2.05, 4.69) is 86.0 Å². The van der Waals surface area contributed by atoms with Crippen LogP contribution in [0.5, 0.6) is 0 Å². The molecule has 4 nitrogen and oxygen atoms in total. The highest BCUT2D eigenvalue weighted by molar-refractivity contribution is 8.18. The first-order valence-electron chi connectivity index (χ1n) is 14.2. The lowest BCUT2D eigenvalue weighted by Crippen LogP contribution is -2.44. The maximum Gasteiger partial charge on any atom is 0.267 e. The van der Waals surface area contributed by atoms with Crippen LogP contribution in [-0.2, 0) is 4.79 Å². The third-order valence-electron chi connectivity index (χ3n) is 8.21. The molecule has 1 saturated carbocycles. The normalized spacial score (nSPS) is 21.5. The number of para-hydroxylation sites is 1. The van der Waals surface area contributed by atoms with Gasteiger partial charge in [-0.2, -0.15) is 0 Å². The largest absolute Gasteiger partial charge is 0.318 e. The second kappa shape index (κ2) is 11.3. The average Bonchev–Trinajstić information content (AvgIpc) is 3.43. The zero-order valence-electron chi connectivity index (χ0n) is 23.4. The van der Waals surface area contributed by atoms with Gasteiger partial charge in [0.2, 0.25) is 0 Å². The van der Waals surface area contributed by atoms with Crippen LogP contribution in [0.2, 0.25) is 0 Å². The van der Waals surface area contributed by atoms with Gasteiger partial charge in [-0.25, -0.2) is 4.99 Å². The van der Waals surface area contributed by atoms with Crippen molar-refractivity contribution in [1.82, 2.24) is 9.47 Å². The van der Waals surface area contributed by atoms with Gasteiger partial charge in [-0.15, -0.1) is 0 Å². The number of carbonyl (C=O) groups is 1. The fraction of sp³-hybridized carbons (Fsp3) is 0.257. The van der Waals surface area contributed by atoms with Gasteiger partial charge in [-0.3, -0.25) is 9.69 Å². The Morgan fingerprint density at radius 2 is 1.50 bits per heavy atom. The molecule has 40 heavy (non-hydrogen) atoms. The summed E-state index contributed by atoms with van der Waals surface area (Å²) in [6.45, 7) is 6.54. The number of aromatic nitrogens is 1. The predicted molar refractivity (Wildman–Crippen MR) is 168 cm³/mol. The van der Waals surface area contributed by atoms with Crippen LogP contribution in [0.15, 0.2) is 101 Å². The molecule has 1 aliphatic heterocycles. The molecule has 2 heterocycles. The number of aryl methyl sites for hydroxylation is 1. The number of nitrogens with zero attached hydrogens (tertiary/aromatic N) is 3. The Kier molecular flexibility index (Phi) is 7.48. The van der Waals surface area contributed by atoms with E-state index in [1.54, 1.807) is 0 Å². The fourth-order valence-electron chi connectivity index (χ4n) is 6.06. The Hall–Kier alpha value is -3.83. The summed E-state index contributed by atoms with van der Waals surface area (Å²) in [6.07, 6.45) is 6.64. The molecule has 2 atom stereocenters. The number of hydrogen-bond donors (Lipinski definition) is 0. The zero-order chi connectivity index (χ0) is 27.6. The van der Waals surface area contributed by atoms with Crippen molar-refractivity contribution in [2.45, 2.75) is 52.5 Å². The minimum atomic E-state index is 0.0791. The second-order valence-electron chi connectivity index (χ2n) is 10.9. The maximum atomic E-state index is 13.9. The van der Waals surface area contributed by atoms with Gasteiger partial charge in [0.1, 0.15) is 0 Å². The van der Waals surface area contributed by atoms with Gasteiger partial charge in [0.05, 0.1) is 10.6 Å². The summed E-state index contributed by atoms with van der Waals surface area (Å²) in [5.74, 6) is 0.540. The molecule has 2 aliphatic rings. The monoisotopic (exact) mass is 545 g/mol. The highest BCUT2D eigenvalue weighted by Gasteiger charge is 2.41. The van der Waals surface area contributed by atoms with E-state index in [0.717, 1.165) is 57.7 Å². The SMILES string of the molecule is Cc1cc(/C=C2\SC(=Nc3ccccc3)N([C@H]3CCCC[C@@H]3C)C2=O)c(C)n1-c1ccc(-c2ccccc2)cc1. The number of hydrogen-bond acceptors (Lipinski definition) is 3. The molecule has 0 N–H and O–H groups in total. The summed E-state index contributed by atoms with van der Waals surface area (Å²) in [4.78, 5) is 21.6. The van der Waals surface area contributed by atoms with Crippen molar-refractivity contribution in [3.63, 3.8) is 0 Å². The summed E-state index contributed by atoms with van der Waals surface area (Å²) >= 11 is 1.51. The lowest BCUT2D eigenvalue weighted by molar-refractivity contribution is -0.124. The van der Waals surface area contributed by atoms with Crippen molar-refractivity contribution in [3.05, 3.63) is 113 Å². The van der Waals surface area contributed by atoms with E-state index < -0.39 is 0 Å². The number of carbonyl (C=O) groups excluding carboxylic acids is 1. The van der Waals surface area contributed by atoms with Crippen LogP contribution in [0, 0.1) is 19.8 Å². The Labute approximate surface area is 241 Å². The highest BCUT2D eigenvalue weighted by Crippen LogP contribution is 2.40. The van der Waals surface area contributed by atoms with Gasteiger partial charge in [0, 0.05) is 23.1 Å². The molecule has 0 radical (unpaired) electrons. The van der Waals surface area contributed by atoms with Crippen molar-refractivity contribution in [3.8, 4) is 16.8 Å². The van der Waals surface area contributed by atoms with E-state index in [4.69, 9.17) is 4.99 Å². The van der Waals surface area contributed by atoms with Crippen LogP contribution >= 0.6 is 11.8 Å². The third-order valence-corrected chi connectivity index (χ3v) is 9.19. The van der Waals surface area contributed by atoms with E-state index in [-0.39, 0.29) is 11.9 Å². The summed E-state index contributed by atoms with van der Waals surface area (Å²) in [6, 6.07) is 31.5. The molecular formula is C35H35N3OS. The number of rotatable bonds is 5. The van der Waals surface area contributed by atoms with Crippen molar-refractivity contribution >= 4 is 34.6 Å². The lowest BCUT2D eigenvalue weighted by Gasteiger charge is -2.35. The van der Waals surface area contributed by atoms with Crippen LogP contribution in [0.1, 0.15) is 49.6 Å². The molecule has 202 valence electrons. The van der Waals surface area contributed by atoms with Gasteiger partial charge in [-0.05, 0) is 97.5 Å². The van der Waals surface area contributed by atoms with E-state index >= 15 is 0 Å². The third kappa shape index (κ3) is 5.18. The van der Waals surface area contributed by atoms with Crippen LogP contribution < -0.4 is 0 Å². The molecular weight excluding hydrogens is 510 g/mol. The van der Waals surface area contributed by atoms with Crippen molar-refractivity contribution < 1.29 is 4.79 Å². The van der Waals surface area contributed by atoms with Crippen LogP contribution in [0.4, 0.5) is 5.69 Å². The van der Waals surface area contributed by atoms with Crippen LogP contribution in [-0.4, -0.2) is 26.6 Å². The van der Waals surface area contributed by atoms with Gasteiger partial charge in [0.25, 0.3) is 5.91 Å². The molecule has 5 heteroatoms. The quantitative estimate of drug-likeness (QED) is 0.235. The number of thioether (sulfide) groups is 1. The van der Waals surface area contributed by atoms with Crippen molar-refractivity contribution in [2.75, 3.05) is 0 Å². The first-order chi connectivity index (χ1) is 19.5. The summed E-state index contributed by atoms with van der Waals surface area (Å²) in [5, 5.41) is 0.798. The van der Waals surface area contributed by atoms with Crippen molar-refractivity contribution in [2.24, 2.45) is 10.9 Å². The second-order valence-corrected chi connectivity index (χ2v) is 11.9. The minimum absolute atomic E-state index is 0.0791. The standard InChI is InChI=1S/C35H35N3OS/c1-24-12-10-11-17-32(24)38-34(39)33(40-35(38)36-30-15-8-5-9-16-30)23-29-22-25(2)37(26(29)3)31-20-18-28(19-21-31)27-13-6-4-7-14-27/h4-9,13-16,18-24,32H,10-12,17H2,1-3H3/b33-23-,36-35?/t24-,32-/m0/s1.